The molecule has 1 aliphatic rings. The number of hydrogen-bond donors (Lipinski definition) is 2. The van der Waals surface area contributed by atoms with Gasteiger partial charge in [-0.2, -0.15) is 0 Å². The van der Waals surface area contributed by atoms with Crippen molar-refractivity contribution in [3.63, 3.8) is 0 Å². The van der Waals surface area contributed by atoms with E-state index < -0.39 is 0 Å². The molecule has 0 saturated heterocycles. The van der Waals surface area contributed by atoms with Crippen LogP contribution in [0.25, 0.3) is 0 Å². The smallest absolute Gasteiger partial charge is 0.190 e. The first-order chi connectivity index (χ1) is 11.9. The lowest BCUT2D eigenvalue weighted by atomic mass is 10.3. The molecular formula is C19H31N3O2. The predicted molar refractivity (Wildman–Crippen MR) is 98.7 cm³/mol. The third kappa shape index (κ3) is 7.68. The lowest BCUT2D eigenvalue weighted by Gasteiger charge is -2.13. The molecule has 1 fully saturated rings. The number of aliphatic imine (C=N–C) groups is 1. The molecule has 0 unspecified atom stereocenters. The van der Waals surface area contributed by atoms with Crippen molar-refractivity contribution in [2.24, 2.45) is 4.99 Å². The molecule has 2 rings (SSSR count). The highest BCUT2D eigenvalue weighted by molar-refractivity contribution is 5.79. The van der Waals surface area contributed by atoms with Crippen molar-refractivity contribution >= 4 is 5.96 Å². The Morgan fingerprint density at radius 2 is 1.71 bits per heavy atom. The SMILES string of the molecule is CN=C(NCCCOc1ccccc1)NCCCOC1CCCC1. The second-order valence-electron chi connectivity index (χ2n) is 6.07. The van der Waals surface area contributed by atoms with Crippen molar-refractivity contribution in [3.8, 4) is 5.75 Å². The van der Waals surface area contributed by atoms with E-state index >= 15 is 0 Å². The Balaban J connectivity index is 1.45. The Labute approximate surface area is 145 Å². The van der Waals surface area contributed by atoms with Crippen LogP contribution in [-0.2, 0) is 4.74 Å². The molecule has 2 N–H and O–H groups in total. The van der Waals surface area contributed by atoms with Crippen LogP contribution in [0.2, 0.25) is 0 Å². The van der Waals surface area contributed by atoms with Gasteiger partial charge in [-0.3, -0.25) is 4.99 Å². The Bertz CT molecular complexity index is 459. The number of benzene rings is 1. The fraction of sp³-hybridized carbons (Fsp3) is 0.632. The highest BCUT2D eigenvalue weighted by Gasteiger charge is 2.14. The third-order valence-electron chi connectivity index (χ3n) is 4.12. The summed E-state index contributed by atoms with van der Waals surface area (Å²) >= 11 is 0. The van der Waals surface area contributed by atoms with Crippen LogP contribution in [0.15, 0.2) is 35.3 Å². The molecule has 24 heavy (non-hydrogen) atoms. The minimum absolute atomic E-state index is 0.507. The van der Waals surface area contributed by atoms with Crippen molar-refractivity contribution in [1.29, 1.82) is 0 Å². The van der Waals surface area contributed by atoms with E-state index in [2.05, 4.69) is 15.6 Å². The summed E-state index contributed by atoms with van der Waals surface area (Å²) in [5.74, 6) is 1.76. The van der Waals surface area contributed by atoms with Crippen molar-refractivity contribution in [3.05, 3.63) is 30.3 Å². The van der Waals surface area contributed by atoms with Crippen LogP contribution in [0.4, 0.5) is 0 Å². The van der Waals surface area contributed by atoms with Crippen molar-refractivity contribution in [2.75, 3.05) is 33.4 Å². The Hall–Kier alpha value is -1.75. The molecule has 0 heterocycles. The number of ether oxygens (including phenoxy) is 2. The minimum Gasteiger partial charge on any atom is -0.494 e. The molecule has 5 nitrogen and oxygen atoms in total. The first kappa shape index (κ1) is 18.6. The van der Waals surface area contributed by atoms with E-state index in [1.807, 2.05) is 30.3 Å². The van der Waals surface area contributed by atoms with E-state index in [9.17, 15) is 0 Å². The zero-order chi connectivity index (χ0) is 16.9. The van der Waals surface area contributed by atoms with Gasteiger partial charge in [0.05, 0.1) is 12.7 Å². The normalized spacial score (nSPS) is 15.5. The van der Waals surface area contributed by atoms with E-state index in [0.717, 1.165) is 44.2 Å². The molecule has 0 aromatic heterocycles. The second kappa shape index (κ2) is 11.7. The average molecular weight is 333 g/mol. The summed E-state index contributed by atoms with van der Waals surface area (Å²) in [7, 11) is 1.80. The van der Waals surface area contributed by atoms with Gasteiger partial charge >= 0.3 is 0 Å². The number of para-hydroxylation sites is 1. The summed E-state index contributed by atoms with van der Waals surface area (Å²) in [5, 5.41) is 6.63. The summed E-state index contributed by atoms with van der Waals surface area (Å²) in [6, 6.07) is 9.90. The predicted octanol–water partition coefficient (Wildman–Crippen LogP) is 2.97. The fourth-order valence-electron chi connectivity index (χ4n) is 2.79. The van der Waals surface area contributed by atoms with Gasteiger partial charge in [0.15, 0.2) is 5.96 Å². The van der Waals surface area contributed by atoms with E-state index in [1.165, 1.54) is 25.7 Å². The van der Waals surface area contributed by atoms with Crippen molar-refractivity contribution in [2.45, 2.75) is 44.6 Å². The summed E-state index contributed by atoms with van der Waals surface area (Å²) < 4.78 is 11.5. The van der Waals surface area contributed by atoms with Crippen LogP contribution in [0.3, 0.4) is 0 Å². The van der Waals surface area contributed by atoms with Crippen LogP contribution in [0.1, 0.15) is 38.5 Å². The highest BCUT2D eigenvalue weighted by Crippen LogP contribution is 2.20. The molecule has 1 aromatic rings. The van der Waals surface area contributed by atoms with Crippen LogP contribution in [0.5, 0.6) is 5.75 Å². The quantitative estimate of drug-likeness (QED) is 0.393. The minimum atomic E-state index is 0.507. The van der Waals surface area contributed by atoms with Gasteiger partial charge in [0.2, 0.25) is 0 Å². The van der Waals surface area contributed by atoms with E-state index in [4.69, 9.17) is 9.47 Å². The van der Waals surface area contributed by atoms with Crippen molar-refractivity contribution in [1.82, 2.24) is 10.6 Å². The van der Waals surface area contributed by atoms with Crippen LogP contribution >= 0.6 is 0 Å². The number of guanidine groups is 1. The van der Waals surface area contributed by atoms with Gasteiger partial charge in [-0.15, -0.1) is 0 Å². The number of nitrogens with one attached hydrogen (secondary N) is 2. The molecule has 0 spiro atoms. The average Bonchev–Trinajstić information content (AvgIpc) is 3.14. The maximum atomic E-state index is 5.86. The van der Waals surface area contributed by atoms with Gasteiger partial charge in [-0.1, -0.05) is 31.0 Å². The molecule has 5 heteroatoms. The Morgan fingerprint density at radius 1 is 1.04 bits per heavy atom. The zero-order valence-electron chi connectivity index (χ0n) is 14.8. The molecule has 1 aromatic carbocycles. The van der Waals surface area contributed by atoms with E-state index in [1.54, 1.807) is 7.05 Å². The molecule has 134 valence electrons. The van der Waals surface area contributed by atoms with E-state index in [-0.39, 0.29) is 0 Å². The summed E-state index contributed by atoms with van der Waals surface area (Å²) in [6.45, 7) is 3.25. The highest BCUT2D eigenvalue weighted by atomic mass is 16.5. The first-order valence-electron chi connectivity index (χ1n) is 9.12. The summed E-state index contributed by atoms with van der Waals surface area (Å²) in [5.41, 5.74) is 0. The largest absolute Gasteiger partial charge is 0.494 e. The molecule has 0 radical (unpaired) electrons. The molecule has 0 aliphatic heterocycles. The van der Waals surface area contributed by atoms with Gasteiger partial charge in [0.25, 0.3) is 0 Å². The van der Waals surface area contributed by atoms with Gasteiger partial charge < -0.3 is 20.1 Å². The van der Waals surface area contributed by atoms with Crippen LogP contribution in [-0.4, -0.2) is 45.4 Å². The Kier molecular flexibility index (Phi) is 9.09. The monoisotopic (exact) mass is 333 g/mol. The molecule has 1 saturated carbocycles. The molecule has 0 amide bonds. The summed E-state index contributed by atoms with van der Waals surface area (Å²) in [6.07, 6.45) is 7.58. The van der Waals surface area contributed by atoms with Gasteiger partial charge in [0, 0.05) is 26.7 Å². The van der Waals surface area contributed by atoms with Gasteiger partial charge in [-0.05, 0) is 37.8 Å². The molecule has 0 atom stereocenters. The van der Waals surface area contributed by atoms with Crippen LogP contribution < -0.4 is 15.4 Å². The fourth-order valence-corrected chi connectivity index (χ4v) is 2.79. The molecule has 1 aliphatic carbocycles. The Morgan fingerprint density at radius 3 is 2.38 bits per heavy atom. The second-order valence-corrected chi connectivity index (χ2v) is 6.07. The molecular weight excluding hydrogens is 302 g/mol. The molecule has 0 bridgehead atoms. The van der Waals surface area contributed by atoms with E-state index in [0.29, 0.717) is 12.7 Å². The number of rotatable bonds is 10. The lowest BCUT2D eigenvalue weighted by molar-refractivity contribution is 0.0574. The first-order valence-corrected chi connectivity index (χ1v) is 9.12. The lowest BCUT2D eigenvalue weighted by Crippen LogP contribution is -2.38. The van der Waals surface area contributed by atoms with Crippen LogP contribution in [0, 0.1) is 0 Å². The maximum Gasteiger partial charge on any atom is 0.190 e. The summed E-state index contributed by atoms with van der Waals surface area (Å²) in [4.78, 5) is 4.23. The number of hydrogen-bond acceptors (Lipinski definition) is 3. The third-order valence-corrected chi connectivity index (χ3v) is 4.12. The zero-order valence-corrected chi connectivity index (χ0v) is 14.8. The standard InChI is InChI=1S/C19H31N3O2/c1-20-19(22-14-8-16-24-18-11-5-6-12-18)21-13-7-15-23-17-9-3-2-4-10-17/h2-4,9-10,18H,5-8,11-16H2,1H3,(H2,20,21,22). The van der Waals surface area contributed by atoms with Gasteiger partial charge in [0.1, 0.15) is 5.75 Å². The van der Waals surface area contributed by atoms with Gasteiger partial charge in [-0.25, -0.2) is 0 Å². The topological polar surface area (TPSA) is 54.9 Å². The number of nitrogens with zero attached hydrogens (tertiary/aromatic N) is 1. The maximum absolute atomic E-state index is 5.86. The van der Waals surface area contributed by atoms with Crippen molar-refractivity contribution < 1.29 is 9.47 Å².